The number of hydrogen-bond donors (Lipinski definition) is 2. The molecule has 2 nitrogen and oxygen atoms in total. The van der Waals surface area contributed by atoms with Gasteiger partial charge in [0.2, 0.25) is 0 Å². The van der Waals surface area contributed by atoms with Crippen molar-refractivity contribution in [2.24, 2.45) is 17.2 Å². The Labute approximate surface area is 127 Å². The molecule has 3 N–H and O–H groups in total. The van der Waals surface area contributed by atoms with E-state index in [1.807, 2.05) is 0 Å². The molecule has 1 aliphatic carbocycles. The van der Waals surface area contributed by atoms with Crippen molar-refractivity contribution < 1.29 is 0 Å². The zero-order valence-electron chi connectivity index (χ0n) is 13.1. The molecule has 2 aromatic carbocycles. The van der Waals surface area contributed by atoms with Crippen LogP contribution in [0.25, 0.3) is 10.8 Å². The minimum Gasteiger partial charge on any atom is -0.271 e. The number of nitrogens with one attached hydrogen (secondary N) is 1. The molecule has 2 unspecified atom stereocenters. The first-order chi connectivity index (χ1) is 10.1. The Bertz CT molecular complexity index is 612. The van der Waals surface area contributed by atoms with E-state index in [-0.39, 0.29) is 6.04 Å². The van der Waals surface area contributed by atoms with Crippen LogP contribution in [0.1, 0.15) is 51.1 Å². The predicted molar refractivity (Wildman–Crippen MR) is 89.8 cm³/mol. The van der Waals surface area contributed by atoms with E-state index in [1.165, 1.54) is 42.0 Å². The van der Waals surface area contributed by atoms with Crippen LogP contribution < -0.4 is 11.3 Å². The minimum atomic E-state index is 0.228. The molecule has 3 rings (SSSR count). The molecule has 1 fully saturated rings. The predicted octanol–water partition coefficient (Wildman–Crippen LogP) is 4.56. The molecule has 0 spiro atoms. The first-order valence-corrected chi connectivity index (χ1v) is 8.07. The van der Waals surface area contributed by atoms with Gasteiger partial charge in [0.25, 0.3) is 0 Å². The molecule has 0 amide bonds. The van der Waals surface area contributed by atoms with Gasteiger partial charge in [-0.3, -0.25) is 11.3 Å². The minimum absolute atomic E-state index is 0.228. The number of benzene rings is 2. The van der Waals surface area contributed by atoms with Crippen molar-refractivity contribution in [2.75, 3.05) is 0 Å². The topological polar surface area (TPSA) is 38.0 Å². The maximum atomic E-state index is 6.00. The zero-order valence-corrected chi connectivity index (χ0v) is 13.1. The van der Waals surface area contributed by atoms with E-state index in [0.29, 0.717) is 11.3 Å². The van der Waals surface area contributed by atoms with Crippen molar-refractivity contribution in [1.29, 1.82) is 0 Å². The van der Waals surface area contributed by atoms with Gasteiger partial charge in [0.1, 0.15) is 0 Å². The van der Waals surface area contributed by atoms with Crippen LogP contribution in [-0.4, -0.2) is 0 Å². The Kier molecular flexibility index (Phi) is 4.01. The van der Waals surface area contributed by atoms with Crippen molar-refractivity contribution in [3.05, 3.63) is 48.0 Å². The van der Waals surface area contributed by atoms with Crippen LogP contribution in [0.4, 0.5) is 0 Å². The summed E-state index contributed by atoms with van der Waals surface area (Å²) >= 11 is 0. The number of hydrogen-bond acceptors (Lipinski definition) is 2. The van der Waals surface area contributed by atoms with Gasteiger partial charge in [-0.2, -0.15) is 0 Å². The molecule has 2 atom stereocenters. The summed E-state index contributed by atoms with van der Waals surface area (Å²) in [7, 11) is 0. The lowest BCUT2D eigenvalue weighted by atomic mass is 9.64. The first-order valence-electron chi connectivity index (χ1n) is 8.07. The summed E-state index contributed by atoms with van der Waals surface area (Å²) < 4.78 is 0. The summed E-state index contributed by atoms with van der Waals surface area (Å²) in [4.78, 5) is 0. The molecule has 0 radical (unpaired) electrons. The van der Waals surface area contributed by atoms with Crippen LogP contribution >= 0.6 is 0 Å². The SMILES string of the molecule is CC1(C)CCCCC1C(NN)c1cccc2ccccc12. The normalized spacial score (nSPS) is 23.1. The lowest BCUT2D eigenvalue weighted by molar-refractivity contribution is 0.0987. The van der Waals surface area contributed by atoms with Crippen LogP contribution in [0, 0.1) is 11.3 Å². The summed E-state index contributed by atoms with van der Waals surface area (Å²) in [5.74, 6) is 6.58. The molecule has 21 heavy (non-hydrogen) atoms. The number of rotatable bonds is 3. The third-order valence-corrected chi connectivity index (χ3v) is 5.33. The largest absolute Gasteiger partial charge is 0.271 e. The highest BCUT2D eigenvalue weighted by molar-refractivity contribution is 5.86. The fourth-order valence-corrected chi connectivity index (χ4v) is 4.08. The van der Waals surface area contributed by atoms with E-state index in [2.05, 4.69) is 61.7 Å². The molecule has 0 heterocycles. The smallest absolute Gasteiger partial charge is 0.0499 e. The molecule has 0 saturated heterocycles. The van der Waals surface area contributed by atoms with Crippen LogP contribution in [0.15, 0.2) is 42.5 Å². The molecule has 0 aromatic heterocycles. The summed E-state index contributed by atoms with van der Waals surface area (Å²) in [6.45, 7) is 4.79. The molecule has 1 saturated carbocycles. The van der Waals surface area contributed by atoms with E-state index in [9.17, 15) is 0 Å². The van der Waals surface area contributed by atoms with E-state index < -0.39 is 0 Å². The highest BCUT2D eigenvalue weighted by Crippen LogP contribution is 2.47. The van der Waals surface area contributed by atoms with Crippen LogP contribution in [-0.2, 0) is 0 Å². The summed E-state index contributed by atoms with van der Waals surface area (Å²) in [5, 5.41) is 2.62. The third-order valence-electron chi connectivity index (χ3n) is 5.33. The van der Waals surface area contributed by atoms with Crippen LogP contribution in [0.5, 0.6) is 0 Å². The second kappa shape index (κ2) is 5.78. The van der Waals surface area contributed by atoms with Gasteiger partial charge in [0.15, 0.2) is 0 Å². The Hall–Kier alpha value is -1.38. The van der Waals surface area contributed by atoms with Crippen molar-refractivity contribution >= 4 is 10.8 Å². The van der Waals surface area contributed by atoms with E-state index >= 15 is 0 Å². The first kappa shape index (κ1) is 14.6. The molecular formula is C19H26N2. The molecular weight excluding hydrogens is 256 g/mol. The Morgan fingerprint density at radius 1 is 1.10 bits per heavy atom. The number of hydrazine groups is 1. The lowest BCUT2D eigenvalue weighted by Gasteiger charge is -2.43. The average Bonchev–Trinajstić information content (AvgIpc) is 2.49. The fraction of sp³-hybridized carbons (Fsp3) is 0.474. The zero-order chi connectivity index (χ0) is 14.9. The van der Waals surface area contributed by atoms with Gasteiger partial charge >= 0.3 is 0 Å². The van der Waals surface area contributed by atoms with Crippen LogP contribution in [0.3, 0.4) is 0 Å². The second-order valence-corrected chi connectivity index (χ2v) is 7.05. The van der Waals surface area contributed by atoms with E-state index in [0.717, 1.165) is 0 Å². The maximum Gasteiger partial charge on any atom is 0.0499 e. The average molecular weight is 282 g/mol. The summed E-state index contributed by atoms with van der Waals surface area (Å²) in [5.41, 5.74) is 4.82. The van der Waals surface area contributed by atoms with Gasteiger partial charge in [0.05, 0.1) is 0 Å². The van der Waals surface area contributed by atoms with Crippen molar-refractivity contribution in [3.8, 4) is 0 Å². The van der Waals surface area contributed by atoms with Crippen molar-refractivity contribution in [3.63, 3.8) is 0 Å². The highest BCUT2D eigenvalue weighted by Gasteiger charge is 2.38. The van der Waals surface area contributed by atoms with Gasteiger partial charge in [0, 0.05) is 6.04 Å². The molecule has 0 aliphatic heterocycles. The summed E-state index contributed by atoms with van der Waals surface area (Å²) in [6.07, 6.45) is 5.21. The van der Waals surface area contributed by atoms with E-state index in [4.69, 9.17) is 5.84 Å². The maximum absolute atomic E-state index is 6.00. The monoisotopic (exact) mass is 282 g/mol. The third kappa shape index (κ3) is 2.70. The Balaban J connectivity index is 2.06. The lowest BCUT2D eigenvalue weighted by Crippen LogP contribution is -2.41. The van der Waals surface area contributed by atoms with Crippen LogP contribution in [0.2, 0.25) is 0 Å². The fourth-order valence-electron chi connectivity index (χ4n) is 4.08. The quantitative estimate of drug-likeness (QED) is 0.639. The number of nitrogens with two attached hydrogens (primary N) is 1. The van der Waals surface area contributed by atoms with Gasteiger partial charge in [-0.25, -0.2) is 0 Å². The number of fused-ring (bicyclic) bond motifs is 1. The molecule has 2 heteroatoms. The molecule has 1 aliphatic rings. The second-order valence-electron chi connectivity index (χ2n) is 7.05. The molecule has 112 valence electrons. The van der Waals surface area contributed by atoms with Gasteiger partial charge in [-0.1, -0.05) is 69.2 Å². The Morgan fingerprint density at radius 3 is 2.62 bits per heavy atom. The van der Waals surface area contributed by atoms with Crippen molar-refractivity contribution in [2.45, 2.75) is 45.6 Å². The van der Waals surface area contributed by atoms with Gasteiger partial charge < -0.3 is 0 Å². The highest BCUT2D eigenvalue weighted by atomic mass is 15.2. The van der Waals surface area contributed by atoms with Gasteiger partial charge in [-0.05, 0) is 40.5 Å². The summed E-state index contributed by atoms with van der Waals surface area (Å²) in [6, 6.07) is 15.4. The standard InChI is InChI=1S/C19H26N2/c1-19(2)13-6-5-12-17(19)18(21-20)16-11-7-9-14-8-3-4-10-15(14)16/h3-4,7-11,17-18,21H,5-6,12-13,20H2,1-2H3. The molecule has 2 aromatic rings. The molecule has 0 bridgehead atoms. The van der Waals surface area contributed by atoms with Crippen molar-refractivity contribution in [1.82, 2.24) is 5.43 Å². The Morgan fingerprint density at radius 2 is 1.86 bits per heavy atom. The van der Waals surface area contributed by atoms with Gasteiger partial charge in [-0.15, -0.1) is 0 Å². The van der Waals surface area contributed by atoms with E-state index in [1.54, 1.807) is 0 Å².